The lowest BCUT2D eigenvalue weighted by atomic mass is 10.1. The Bertz CT molecular complexity index is 1410. The summed E-state index contributed by atoms with van der Waals surface area (Å²) < 4.78 is 54.1. The van der Waals surface area contributed by atoms with Crippen molar-refractivity contribution in [2.45, 2.75) is 44.2 Å². The highest BCUT2D eigenvalue weighted by molar-refractivity contribution is 7.91. The van der Waals surface area contributed by atoms with Gasteiger partial charge in [0, 0.05) is 24.2 Å². The molecule has 3 aromatic rings. The lowest BCUT2D eigenvalue weighted by Gasteiger charge is -2.27. The van der Waals surface area contributed by atoms with Gasteiger partial charge in [-0.25, -0.2) is 16.8 Å². The SMILES string of the molecule is CCCS(=O)(=O)c1ccc(-c2cc(C(=O)N(Cc3ccc(C)cc3)C3CCS(=O)(=O)C3)no2)cc1. The first-order valence-electron chi connectivity index (χ1n) is 11.4. The monoisotopic (exact) mass is 516 g/mol. The number of amides is 1. The Labute approximate surface area is 205 Å². The van der Waals surface area contributed by atoms with Crippen LogP contribution in [0.25, 0.3) is 11.3 Å². The molecule has 1 aliphatic rings. The van der Waals surface area contributed by atoms with Gasteiger partial charge in [0.25, 0.3) is 5.91 Å². The van der Waals surface area contributed by atoms with E-state index in [1.54, 1.807) is 17.0 Å². The van der Waals surface area contributed by atoms with Gasteiger partial charge in [-0.3, -0.25) is 4.79 Å². The maximum Gasteiger partial charge on any atom is 0.276 e. The van der Waals surface area contributed by atoms with Gasteiger partial charge in [0.2, 0.25) is 0 Å². The molecule has 1 fully saturated rings. The van der Waals surface area contributed by atoms with Crippen LogP contribution in [-0.4, -0.2) is 56.1 Å². The summed E-state index contributed by atoms with van der Waals surface area (Å²) in [5.41, 5.74) is 2.63. The highest BCUT2D eigenvalue weighted by Crippen LogP contribution is 2.26. The number of hydrogen-bond acceptors (Lipinski definition) is 7. The van der Waals surface area contributed by atoms with Crippen LogP contribution in [0.2, 0.25) is 0 Å². The third-order valence-electron chi connectivity index (χ3n) is 6.08. The first-order chi connectivity index (χ1) is 16.6. The van der Waals surface area contributed by atoms with Crippen molar-refractivity contribution >= 4 is 25.6 Å². The summed E-state index contributed by atoms with van der Waals surface area (Å²) in [5, 5.41) is 3.94. The van der Waals surface area contributed by atoms with Crippen LogP contribution >= 0.6 is 0 Å². The molecule has 35 heavy (non-hydrogen) atoms. The van der Waals surface area contributed by atoms with Crippen LogP contribution in [0.1, 0.15) is 41.4 Å². The van der Waals surface area contributed by atoms with E-state index >= 15 is 0 Å². The van der Waals surface area contributed by atoms with Gasteiger partial charge in [-0.05, 0) is 49.6 Å². The minimum absolute atomic E-state index is 0.0483. The number of nitrogens with zero attached hydrogens (tertiary/aromatic N) is 2. The fourth-order valence-corrected chi connectivity index (χ4v) is 7.21. The van der Waals surface area contributed by atoms with E-state index in [1.807, 2.05) is 38.1 Å². The quantitative estimate of drug-likeness (QED) is 0.449. The van der Waals surface area contributed by atoms with Crippen molar-refractivity contribution in [2.24, 2.45) is 0 Å². The number of carbonyl (C=O) groups is 1. The van der Waals surface area contributed by atoms with Crippen LogP contribution in [0, 0.1) is 6.92 Å². The van der Waals surface area contributed by atoms with Crippen molar-refractivity contribution in [1.29, 1.82) is 0 Å². The fraction of sp³-hybridized carbons (Fsp3) is 0.360. The molecule has 0 radical (unpaired) electrons. The zero-order valence-corrected chi connectivity index (χ0v) is 21.3. The van der Waals surface area contributed by atoms with Gasteiger partial charge < -0.3 is 9.42 Å². The largest absolute Gasteiger partial charge is 0.355 e. The second-order valence-electron chi connectivity index (χ2n) is 8.90. The van der Waals surface area contributed by atoms with E-state index in [4.69, 9.17) is 4.52 Å². The summed E-state index contributed by atoms with van der Waals surface area (Å²) in [6, 6.07) is 15.0. The number of sulfone groups is 2. The van der Waals surface area contributed by atoms with Gasteiger partial charge in [-0.1, -0.05) is 41.9 Å². The third-order valence-corrected chi connectivity index (χ3v) is 9.77. The molecule has 0 saturated carbocycles. The number of hydrogen-bond donors (Lipinski definition) is 0. The van der Waals surface area contributed by atoms with E-state index in [1.165, 1.54) is 18.2 Å². The first-order valence-corrected chi connectivity index (χ1v) is 14.9. The molecule has 0 N–H and O–H groups in total. The Hall–Kier alpha value is -2.98. The molecule has 0 spiro atoms. The summed E-state index contributed by atoms with van der Waals surface area (Å²) in [5.74, 6) is -0.0524. The van der Waals surface area contributed by atoms with Gasteiger partial charge in [0.1, 0.15) is 0 Å². The number of aryl methyl sites for hydroxylation is 1. The Morgan fingerprint density at radius 1 is 1.11 bits per heavy atom. The average molecular weight is 517 g/mol. The molecule has 10 heteroatoms. The molecule has 1 aliphatic heterocycles. The Morgan fingerprint density at radius 2 is 1.80 bits per heavy atom. The van der Waals surface area contributed by atoms with E-state index in [0.717, 1.165) is 11.1 Å². The molecule has 2 heterocycles. The first kappa shape index (κ1) is 25.1. The molecular formula is C25H28N2O6S2. The topological polar surface area (TPSA) is 115 Å². The van der Waals surface area contributed by atoms with Crippen LogP contribution in [-0.2, 0) is 26.2 Å². The van der Waals surface area contributed by atoms with Gasteiger partial charge in [0.15, 0.2) is 31.1 Å². The summed E-state index contributed by atoms with van der Waals surface area (Å²) in [6.07, 6.45) is 0.900. The van der Waals surface area contributed by atoms with Crippen molar-refractivity contribution in [2.75, 3.05) is 17.3 Å². The maximum absolute atomic E-state index is 13.4. The lowest BCUT2D eigenvalue weighted by Crippen LogP contribution is -2.40. The molecule has 1 atom stereocenters. The molecule has 4 rings (SSSR count). The standard InChI is InChI=1S/C25H28N2O6S2/c1-3-13-35(31,32)22-10-8-20(9-11-22)24-15-23(26-33-24)25(28)27(21-12-14-34(29,30)17-21)16-19-6-4-18(2)5-7-19/h4-11,15,21H,3,12-14,16-17H2,1-2H3. The Kier molecular flexibility index (Phi) is 7.14. The zero-order chi connectivity index (χ0) is 25.2. The molecule has 1 amide bonds. The molecule has 0 aliphatic carbocycles. The molecule has 1 unspecified atom stereocenters. The normalized spacial score (nSPS) is 17.4. The minimum Gasteiger partial charge on any atom is -0.355 e. The Morgan fingerprint density at radius 3 is 2.40 bits per heavy atom. The number of rotatable bonds is 8. The van der Waals surface area contributed by atoms with Crippen LogP contribution in [0.4, 0.5) is 0 Å². The molecule has 1 saturated heterocycles. The van der Waals surface area contributed by atoms with E-state index in [0.29, 0.717) is 24.2 Å². The van der Waals surface area contributed by atoms with Crippen LogP contribution in [0.15, 0.2) is 64.0 Å². The number of carbonyl (C=O) groups excluding carboxylic acids is 1. The second kappa shape index (κ2) is 9.94. The Balaban J connectivity index is 1.58. The van der Waals surface area contributed by atoms with Gasteiger partial charge in [0.05, 0.1) is 22.2 Å². The van der Waals surface area contributed by atoms with Crippen LogP contribution in [0.3, 0.4) is 0 Å². The van der Waals surface area contributed by atoms with Crippen molar-refractivity contribution in [3.63, 3.8) is 0 Å². The molecule has 2 aromatic carbocycles. The highest BCUT2D eigenvalue weighted by Gasteiger charge is 2.36. The van der Waals surface area contributed by atoms with Crippen LogP contribution in [0.5, 0.6) is 0 Å². The average Bonchev–Trinajstić information content (AvgIpc) is 3.45. The van der Waals surface area contributed by atoms with Crippen molar-refractivity contribution in [1.82, 2.24) is 10.1 Å². The fourth-order valence-electron chi connectivity index (χ4n) is 4.15. The van der Waals surface area contributed by atoms with Crippen molar-refractivity contribution < 1.29 is 26.2 Å². The van der Waals surface area contributed by atoms with E-state index in [-0.39, 0.29) is 34.4 Å². The zero-order valence-electron chi connectivity index (χ0n) is 19.7. The maximum atomic E-state index is 13.4. The predicted molar refractivity (Wildman–Crippen MR) is 132 cm³/mol. The van der Waals surface area contributed by atoms with Crippen molar-refractivity contribution in [3.8, 4) is 11.3 Å². The van der Waals surface area contributed by atoms with Gasteiger partial charge >= 0.3 is 0 Å². The summed E-state index contributed by atoms with van der Waals surface area (Å²) in [7, 11) is -6.54. The van der Waals surface area contributed by atoms with Gasteiger partial charge in [-0.15, -0.1) is 0 Å². The highest BCUT2D eigenvalue weighted by atomic mass is 32.2. The van der Waals surface area contributed by atoms with E-state index < -0.39 is 31.6 Å². The number of benzene rings is 2. The van der Waals surface area contributed by atoms with Crippen LogP contribution < -0.4 is 0 Å². The third kappa shape index (κ3) is 5.82. The van der Waals surface area contributed by atoms with Crippen molar-refractivity contribution in [3.05, 3.63) is 71.4 Å². The minimum atomic E-state index is -3.34. The lowest BCUT2D eigenvalue weighted by molar-refractivity contribution is 0.0670. The number of aromatic nitrogens is 1. The van der Waals surface area contributed by atoms with Gasteiger partial charge in [-0.2, -0.15) is 0 Å². The summed E-state index contributed by atoms with van der Waals surface area (Å²) in [4.78, 5) is 15.2. The smallest absolute Gasteiger partial charge is 0.276 e. The summed E-state index contributed by atoms with van der Waals surface area (Å²) in [6.45, 7) is 4.03. The summed E-state index contributed by atoms with van der Waals surface area (Å²) >= 11 is 0. The van der Waals surface area contributed by atoms with E-state index in [9.17, 15) is 21.6 Å². The van der Waals surface area contributed by atoms with E-state index in [2.05, 4.69) is 5.16 Å². The molecular weight excluding hydrogens is 488 g/mol. The molecule has 1 aromatic heterocycles. The molecule has 186 valence electrons. The molecule has 8 nitrogen and oxygen atoms in total. The second-order valence-corrected chi connectivity index (χ2v) is 13.2. The predicted octanol–water partition coefficient (Wildman–Crippen LogP) is 3.66. The molecule has 0 bridgehead atoms.